The van der Waals surface area contributed by atoms with E-state index in [1.54, 1.807) is 7.11 Å². The van der Waals surface area contributed by atoms with E-state index in [1.807, 2.05) is 38.1 Å². The second-order valence-electron chi connectivity index (χ2n) is 5.13. The van der Waals surface area contributed by atoms with Gasteiger partial charge >= 0.3 is 0 Å². The van der Waals surface area contributed by atoms with E-state index in [1.165, 1.54) is 0 Å². The minimum atomic E-state index is -0.448. The molecule has 0 spiro atoms. The van der Waals surface area contributed by atoms with Gasteiger partial charge in [-0.05, 0) is 30.0 Å². The van der Waals surface area contributed by atoms with Gasteiger partial charge in [0.1, 0.15) is 5.75 Å². The molecule has 0 aliphatic rings. The van der Waals surface area contributed by atoms with Crippen LogP contribution >= 0.6 is 0 Å². The maximum atomic E-state index is 11.8. The third kappa shape index (κ3) is 5.61. The van der Waals surface area contributed by atoms with Crippen LogP contribution < -0.4 is 10.1 Å². The summed E-state index contributed by atoms with van der Waals surface area (Å²) in [6, 6.07) is 7.75. The van der Waals surface area contributed by atoms with Crippen LogP contribution in [0.25, 0.3) is 0 Å². The first-order valence-electron chi connectivity index (χ1n) is 7.15. The predicted octanol–water partition coefficient (Wildman–Crippen LogP) is 2.47. The maximum Gasteiger partial charge on any atom is 0.220 e. The number of benzene rings is 1. The third-order valence-electron chi connectivity index (χ3n) is 3.31. The van der Waals surface area contributed by atoms with E-state index in [4.69, 9.17) is 4.74 Å². The number of ether oxygens (including phenoxy) is 1. The van der Waals surface area contributed by atoms with Crippen molar-refractivity contribution in [3.8, 4) is 5.75 Å². The number of aliphatic hydroxyl groups is 1. The Hall–Kier alpha value is -1.55. The van der Waals surface area contributed by atoms with Crippen molar-refractivity contribution in [3.63, 3.8) is 0 Å². The number of aliphatic hydroxyl groups excluding tert-OH is 1. The lowest BCUT2D eigenvalue weighted by atomic mass is 9.97. The summed E-state index contributed by atoms with van der Waals surface area (Å²) in [5.41, 5.74) is 1.08. The van der Waals surface area contributed by atoms with E-state index >= 15 is 0 Å². The Bertz CT molecular complexity index is 420. The van der Waals surface area contributed by atoms with E-state index in [0.29, 0.717) is 19.4 Å². The summed E-state index contributed by atoms with van der Waals surface area (Å²) >= 11 is 0. The molecule has 4 nitrogen and oxygen atoms in total. The fourth-order valence-electron chi connectivity index (χ4n) is 2.08. The molecule has 112 valence electrons. The number of hydrogen-bond donors (Lipinski definition) is 2. The molecule has 0 aliphatic carbocycles. The Labute approximate surface area is 121 Å². The van der Waals surface area contributed by atoms with Crippen LogP contribution in [-0.2, 0) is 4.79 Å². The van der Waals surface area contributed by atoms with Gasteiger partial charge in [-0.15, -0.1) is 0 Å². The van der Waals surface area contributed by atoms with Crippen molar-refractivity contribution in [1.82, 2.24) is 5.32 Å². The molecule has 0 aromatic heterocycles. The van der Waals surface area contributed by atoms with Gasteiger partial charge in [0.25, 0.3) is 0 Å². The highest BCUT2D eigenvalue weighted by Crippen LogP contribution is 2.22. The van der Waals surface area contributed by atoms with Crippen molar-refractivity contribution in [2.24, 2.45) is 0 Å². The summed E-state index contributed by atoms with van der Waals surface area (Å²) < 4.78 is 5.18. The van der Waals surface area contributed by atoms with E-state index in [9.17, 15) is 9.90 Å². The number of hydrogen-bond acceptors (Lipinski definition) is 3. The summed E-state index contributed by atoms with van der Waals surface area (Å²) in [6.45, 7) is 4.35. The molecule has 0 radical (unpaired) electrons. The van der Waals surface area contributed by atoms with Crippen LogP contribution in [0.5, 0.6) is 5.75 Å². The summed E-state index contributed by atoms with van der Waals surface area (Å²) in [5.74, 6) is 0.886. The first kappa shape index (κ1) is 16.5. The zero-order valence-electron chi connectivity index (χ0n) is 12.6. The zero-order valence-corrected chi connectivity index (χ0v) is 12.6. The smallest absolute Gasteiger partial charge is 0.220 e. The molecular formula is C16H25NO3. The molecule has 0 bridgehead atoms. The number of rotatable bonds is 8. The molecule has 0 heterocycles. The van der Waals surface area contributed by atoms with Crippen molar-refractivity contribution in [3.05, 3.63) is 29.8 Å². The molecule has 2 unspecified atom stereocenters. The van der Waals surface area contributed by atoms with Crippen LogP contribution in [0.1, 0.15) is 44.6 Å². The quantitative estimate of drug-likeness (QED) is 0.768. The maximum absolute atomic E-state index is 11.8. The number of carbonyl (C=O) groups excluding carboxylic acids is 1. The SMILES string of the molecule is CCCC(O)CNC(=O)CC(C)c1cccc(OC)c1. The first-order chi connectivity index (χ1) is 9.56. The van der Waals surface area contributed by atoms with Gasteiger partial charge in [0.15, 0.2) is 0 Å². The summed E-state index contributed by atoms with van der Waals surface area (Å²) in [7, 11) is 1.63. The standard InChI is InChI=1S/C16H25NO3/c1-4-6-14(18)11-17-16(19)9-12(2)13-7-5-8-15(10-13)20-3/h5,7-8,10,12,14,18H,4,6,9,11H2,1-3H3,(H,17,19). The highest BCUT2D eigenvalue weighted by atomic mass is 16.5. The van der Waals surface area contributed by atoms with Crippen LogP contribution in [0.4, 0.5) is 0 Å². The number of amides is 1. The van der Waals surface area contributed by atoms with E-state index in [2.05, 4.69) is 5.32 Å². The van der Waals surface area contributed by atoms with Gasteiger partial charge in [0, 0.05) is 13.0 Å². The van der Waals surface area contributed by atoms with Crippen LogP contribution in [-0.4, -0.2) is 30.8 Å². The molecular weight excluding hydrogens is 254 g/mol. The van der Waals surface area contributed by atoms with Crippen molar-refractivity contribution in [2.75, 3.05) is 13.7 Å². The number of nitrogens with one attached hydrogen (secondary N) is 1. The Morgan fingerprint density at radius 2 is 2.20 bits per heavy atom. The minimum absolute atomic E-state index is 0.0320. The lowest BCUT2D eigenvalue weighted by Crippen LogP contribution is -2.32. The van der Waals surface area contributed by atoms with Crippen molar-refractivity contribution >= 4 is 5.91 Å². The van der Waals surface area contributed by atoms with Crippen LogP contribution in [0.15, 0.2) is 24.3 Å². The lowest BCUT2D eigenvalue weighted by molar-refractivity contribution is -0.121. The molecule has 20 heavy (non-hydrogen) atoms. The molecule has 4 heteroatoms. The van der Waals surface area contributed by atoms with Crippen molar-refractivity contribution in [2.45, 2.75) is 45.1 Å². The van der Waals surface area contributed by atoms with Crippen LogP contribution in [0.2, 0.25) is 0 Å². The Balaban J connectivity index is 2.44. The summed E-state index contributed by atoms with van der Waals surface area (Å²) in [5, 5.41) is 12.4. The van der Waals surface area contributed by atoms with Gasteiger partial charge < -0.3 is 15.2 Å². The Morgan fingerprint density at radius 3 is 2.85 bits per heavy atom. The fourth-order valence-corrected chi connectivity index (χ4v) is 2.08. The van der Waals surface area contributed by atoms with Gasteiger partial charge in [-0.3, -0.25) is 4.79 Å². The predicted molar refractivity (Wildman–Crippen MR) is 80.0 cm³/mol. The summed E-state index contributed by atoms with van der Waals surface area (Å²) in [6.07, 6.45) is 1.59. The monoisotopic (exact) mass is 279 g/mol. The van der Waals surface area contributed by atoms with Crippen LogP contribution in [0, 0.1) is 0 Å². The average molecular weight is 279 g/mol. The van der Waals surface area contributed by atoms with Gasteiger partial charge in [-0.2, -0.15) is 0 Å². The molecule has 1 aromatic carbocycles. The average Bonchev–Trinajstić information content (AvgIpc) is 2.45. The first-order valence-corrected chi connectivity index (χ1v) is 7.15. The molecule has 0 fully saturated rings. The molecule has 1 aromatic rings. The minimum Gasteiger partial charge on any atom is -0.497 e. The van der Waals surface area contributed by atoms with Gasteiger partial charge in [-0.1, -0.05) is 32.4 Å². The Morgan fingerprint density at radius 1 is 1.45 bits per heavy atom. The molecule has 1 amide bonds. The normalized spacial score (nSPS) is 13.6. The zero-order chi connectivity index (χ0) is 15.0. The Kier molecular flexibility index (Phi) is 7.09. The highest BCUT2D eigenvalue weighted by Gasteiger charge is 2.13. The number of carbonyl (C=O) groups is 1. The number of methoxy groups -OCH3 is 1. The highest BCUT2D eigenvalue weighted by molar-refractivity contribution is 5.76. The second kappa shape index (κ2) is 8.59. The molecule has 2 N–H and O–H groups in total. The molecule has 0 saturated carbocycles. The largest absolute Gasteiger partial charge is 0.497 e. The summed E-state index contributed by atoms with van der Waals surface area (Å²) in [4.78, 5) is 11.8. The van der Waals surface area contributed by atoms with E-state index in [-0.39, 0.29) is 11.8 Å². The lowest BCUT2D eigenvalue weighted by Gasteiger charge is -2.14. The molecule has 1 rings (SSSR count). The van der Waals surface area contributed by atoms with Crippen molar-refractivity contribution < 1.29 is 14.6 Å². The van der Waals surface area contributed by atoms with Gasteiger partial charge in [0.05, 0.1) is 13.2 Å². The molecule has 2 atom stereocenters. The topological polar surface area (TPSA) is 58.6 Å². The van der Waals surface area contributed by atoms with E-state index in [0.717, 1.165) is 17.7 Å². The van der Waals surface area contributed by atoms with Crippen molar-refractivity contribution in [1.29, 1.82) is 0 Å². The third-order valence-corrected chi connectivity index (χ3v) is 3.31. The van der Waals surface area contributed by atoms with Crippen LogP contribution in [0.3, 0.4) is 0 Å². The van der Waals surface area contributed by atoms with E-state index < -0.39 is 6.10 Å². The molecule has 0 aliphatic heterocycles. The van der Waals surface area contributed by atoms with Gasteiger partial charge in [0.2, 0.25) is 5.91 Å². The van der Waals surface area contributed by atoms with Gasteiger partial charge in [-0.25, -0.2) is 0 Å². The fraction of sp³-hybridized carbons (Fsp3) is 0.562. The second-order valence-corrected chi connectivity index (χ2v) is 5.13. The molecule has 0 saturated heterocycles.